The maximum Gasteiger partial charge on any atom is 0.573 e. The van der Waals surface area contributed by atoms with Gasteiger partial charge in [-0.05, 0) is 0 Å². The van der Waals surface area contributed by atoms with Crippen molar-refractivity contribution in [3.63, 3.8) is 0 Å². The molecule has 19 heavy (non-hydrogen) atoms. The third-order valence-electron chi connectivity index (χ3n) is 1.97. The van der Waals surface area contributed by atoms with Gasteiger partial charge in [-0.3, -0.25) is 4.98 Å². The molecule has 1 aromatic heterocycles. The van der Waals surface area contributed by atoms with Gasteiger partial charge in [0.2, 0.25) is 0 Å². The van der Waals surface area contributed by atoms with Gasteiger partial charge in [0, 0.05) is 0 Å². The lowest BCUT2D eigenvalue weighted by Crippen LogP contribution is -2.19. The van der Waals surface area contributed by atoms with E-state index in [1.54, 1.807) is 0 Å². The largest absolute Gasteiger partial charge is 0.573 e. The molecule has 0 atom stereocenters. The van der Waals surface area contributed by atoms with E-state index in [2.05, 4.69) is 9.72 Å². The van der Waals surface area contributed by atoms with Crippen molar-refractivity contribution in [2.75, 3.05) is 0 Å². The molecule has 0 radical (unpaired) electrons. The zero-order valence-electron chi connectivity index (χ0n) is 9.00. The third kappa shape index (κ3) is 3.52. The second-order valence-corrected chi connectivity index (χ2v) is 3.15. The molecule has 0 spiro atoms. The van der Waals surface area contributed by atoms with Crippen LogP contribution >= 0.6 is 0 Å². The maximum absolute atomic E-state index is 12.8. The Labute approximate surface area is 103 Å². The van der Waals surface area contributed by atoms with Gasteiger partial charge in [-0.1, -0.05) is 0 Å². The van der Waals surface area contributed by atoms with Gasteiger partial charge in [0.15, 0.2) is 5.75 Å². The molecule has 0 aliphatic rings. The Morgan fingerprint density at radius 1 is 1.32 bits per heavy atom. The van der Waals surface area contributed by atoms with Crippen molar-refractivity contribution in [1.29, 1.82) is 10.5 Å². The summed E-state index contributed by atoms with van der Waals surface area (Å²) in [6.07, 6.45) is -8.45. The van der Waals surface area contributed by atoms with Crippen LogP contribution in [0, 0.1) is 22.7 Å². The standard InChI is InChI=1S/C10H4F5N3O/c11-9(12)8-5(3-17)7(19-10(13,14)15)4-18-6(8)1-2-16/h4,9H,1H2. The topological polar surface area (TPSA) is 69.7 Å². The molecule has 1 rings (SSSR count). The summed E-state index contributed by atoms with van der Waals surface area (Å²) in [6, 6.07) is 2.74. The number of hydrogen-bond donors (Lipinski definition) is 0. The lowest BCUT2D eigenvalue weighted by atomic mass is 10.1. The number of halogens is 5. The van der Waals surface area contributed by atoms with Crippen LogP contribution in [0.4, 0.5) is 22.0 Å². The van der Waals surface area contributed by atoms with Gasteiger partial charge in [-0.15, -0.1) is 13.2 Å². The minimum atomic E-state index is -5.14. The highest BCUT2D eigenvalue weighted by atomic mass is 19.4. The van der Waals surface area contributed by atoms with Gasteiger partial charge in [0.25, 0.3) is 6.43 Å². The predicted octanol–water partition coefficient (Wildman–Crippen LogP) is 2.86. The Bertz CT molecular complexity index is 556. The molecule has 9 heteroatoms. The number of nitrogens with zero attached hydrogens (tertiary/aromatic N) is 3. The molecule has 0 saturated carbocycles. The van der Waals surface area contributed by atoms with Crippen LogP contribution in [0.2, 0.25) is 0 Å². The number of ether oxygens (including phenoxy) is 1. The van der Waals surface area contributed by atoms with Crippen LogP contribution in [0.3, 0.4) is 0 Å². The number of aromatic nitrogens is 1. The summed E-state index contributed by atoms with van der Waals surface area (Å²) >= 11 is 0. The molecule has 100 valence electrons. The number of pyridine rings is 1. The second-order valence-electron chi connectivity index (χ2n) is 3.15. The van der Waals surface area contributed by atoms with Crippen LogP contribution in [0.1, 0.15) is 23.2 Å². The molecular formula is C10H4F5N3O. The van der Waals surface area contributed by atoms with Crippen molar-refractivity contribution in [3.8, 4) is 17.9 Å². The summed E-state index contributed by atoms with van der Waals surface area (Å²) in [4.78, 5) is 3.30. The van der Waals surface area contributed by atoms with E-state index in [0.29, 0.717) is 6.20 Å². The van der Waals surface area contributed by atoms with Crippen molar-refractivity contribution >= 4 is 0 Å². The van der Waals surface area contributed by atoms with E-state index < -0.39 is 41.8 Å². The smallest absolute Gasteiger partial charge is 0.403 e. The molecule has 1 aromatic rings. The molecular weight excluding hydrogens is 273 g/mol. The van der Waals surface area contributed by atoms with Crippen LogP contribution in [-0.4, -0.2) is 11.3 Å². The predicted molar refractivity (Wildman–Crippen MR) is 49.9 cm³/mol. The first-order valence-corrected chi connectivity index (χ1v) is 4.63. The Kier molecular flexibility index (Phi) is 4.22. The zero-order valence-corrected chi connectivity index (χ0v) is 9.00. The van der Waals surface area contributed by atoms with E-state index in [1.165, 1.54) is 12.1 Å². The van der Waals surface area contributed by atoms with Crippen molar-refractivity contribution in [2.45, 2.75) is 19.2 Å². The molecule has 0 unspecified atom stereocenters. The first kappa shape index (κ1) is 14.6. The number of hydrogen-bond acceptors (Lipinski definition) is 4. The minimum Gasteiger partial charge on any atom is -0.403 e. The summed E-state index contributed by atoms with van der Waals surface area (Å²) in [5, 5.41) is 17.1. The zero-order chi connectivity index (χ0) is 14.6. The first-order chi connectivity index (χ1) is 8.80. The summed E-state index contributed by atoms with van der Waals surface area (Å²) in [5.41, 5.74) is -2.46. The molecule has 0 aliphatic heterocycles. The van der Waals surface area contributed by atoms with Crippen LogP contribution < -0.4 is 4.74 Å². The van der Waals surface area contributed by atoms with Gasteiger partial charge in [0.1, 0.15) is 11.6 Å². The maximum atomic E-state index is 12.8. The fraction of sp³-hybridized carbons (Fsp3) is 0.300. The fourth-order valence-corrected chi connectivity index (χ4v) is 1.32. The summed E-state index contributed by atoms with van der Waals surface area (Å²) < 4.78 is 65.1. The van der Waals surface area contributed by atoms with Crippen LogP contribution in [0.25, 0.3) is 0 Å². The quantitative estimate of drug-likeness (QED) is 0.796. The molecule has 0 fully saturated rings. The van der Waals surface area contributed by atoms with Gasteiger partial charge in [0.05, 0.1) is 29.9 Å². The first-order valence-electron chi connectivity index (χ1n) is 4.63. The highest BCUT2D eigenvalue weighted by Crippen LogP contribution is 2.33. The molecule has 0 saturated heterocycles. The van der Waals surface area contributed by atoms with E-state index in [-0.39, 0.29) is 0 Å². The monoisotopic (exact) mass is 277 g/mol. The van der Waals surface area contributed by atoms with Gasteiger partial charge < -0.3 is 4.74 Å². The lowest BCUT2D eigenvalue weighted by molar-refractivity contribution is -0.274. The van der Waals surface area contributed by atoms with Gasteiger partial charge in [-0.25, -0.2) is 8.78 Å². The van der Waals surface area contributed by atoms with Crippen molar-refractivity contribution in [2.24, 2.45) is 0 Å². The van der Waals surface area contributed by atoms with Crippen molar-refractivity contribution in [3.05, 3.63) is 23.0 Å². The number of alkyl halides is 5. The second kappa shape index (κ2) is 5.48. The summed E-state index contributed by atoms with van der Waals surface area (Å²) in [5.74, 6) is -1.12. The van der Waals surface area contributed by atoms with Gasteiger partial charge in [-0.2, -0.15) is 10.5 Å². The molecule has 1 heterocycles. The highest BCUT2D eigenvalue weighted by molar-refractivity contribution is 5.50. The Morgan fingerprint density at radius 3 is 2.37 bits per heavy atom. The minimum absolute atomic E-state index is 0.455. The van der Waals surface area contributed by atoms with Crippen molar-refractivity contribution in [1.82, 2.24) is 4.98 Å². The van der Waals surface area contributed by atoms with E-state index in [0.717, 1.165) is 0 Å². The van der Waals surface area contributed by atoms with E-state index in [1.807, 2.05) is 0 Å². The highest BCUT2D eigenvalue weighted by Gasteiger charge is 2.34. The average molecular weight is 277 g/mol. The van der Waals surface area contributed by atoms with Crippen LogP contribution in [0.15, 0.2) is 6.20 Å². The Balaban J connectivity index is 3.43. The molecule has 0 N–H and O–H groups in total. The molecule has 4 nitrogen and oxygen atoms in total. The molecule has 0 aliphatic carbocycles. The van der Waals surface area contributed by atoms with Crippen molar-refractivity contribution < 1.29 is 26.7 Å². The fourth-order valence-electron chi connectivity index (χ4n) is 1.32. The summed E-state index contributed by atoms with van der Waals surface area (Å²) in [7, 11) is 0. The molecule has 0 aromatic carbocycles. The van der Waals surface area contributed by atoms with E-state index in [4.69, 9.17) is 10.5 Å². The Morgan fingerprint density at radius 2 is 1.95 bits per heavy atom. The van der Waals surface area contributed by atoms with Crippen LogP contribution in [-0.2, 0) is 6.42 Å². The Hall–Kier alpha value is -2.42. The van der Waals surface area contributed by atoms with Crippen LogP contribution in [0.5, 0.6) is 5.75 Å². The number of nitriles is 2. The van der Waals surface area contributed by atoms with E-state index in [9.17, 15) is 22.0 Å². The lowest BCUT2D eigenvalue weighted by Gasteiger charge is -2.14. The average Bonchev–Trinajstić information content (AvgIpc) is 2.28. The SMILES string of the molecule is N#CCc1ncc(OC(F)(F)F)c(C#N)c1C(F)F. The number of rotatable bonds is 3. The molecule has 0 bridgehead atoms. The molecule has 0 amide bonds. The normalized spacial score (nSPS) is 10.9. The third-order valence-corrected chi connectivity index (χ3v) is 1.97. The van der Waals surface area contributed by atoms with E-state index >= 15 is 0 Å². The van der Waals surface area contributed by atoms with Gasteiger partial charge >= 0.3 is 6.36 Å². The summed E-state index contributed by atoms with van der Waals surface area (Å²) in [6.45, 7) is 0.